The van der Waals surface area contributed by atoms with Crippen molar-refractivity contribution in [2.45, 2.75) is 57.0 Å². The van der Waals surface area contributed by atoms with Crippen molar-refractivity contribution in [1.82, 2.24) is 9.80 Å². The standard InChI is InChI=1S/C27H39Cl2N3O3/c1-35-25(33)8-2-7-24-23-6-4-16-31-15-3-5-21(26(23)31)19-32(24)27(34)20-9-11-22(12-10-20)30(17-13-28)18-14-29/h9-12,21,23-24,26H,2-8,13-19H2,1H3/t21-,23-,24+,26+/m1/s1. The molecule has 0 radical (unpaired) electrons. The molecule has 0 aliphatic carbocycles. The van der Waals surface area contributed by atoms with Crippen LogP contribution in [0, 0.1) is 11.8 Å². The summed E-state index contributed by atoms with van der Waals surface area (Å²) >= 11 is 11.9. The molecule has 1 amide bonds. The Morgan fingerprint density at radius 3 is 2.40 bits per heavy atom. The van der Waals surface area contributed by atoms with E-state index in [2.05, 4.69) is 14.7 Å². The zero-order valence-corrected chi connectivity index (χ0v) is 22.4. The van der Waals surface area contributed by atoms with Gasteiger partial charge in [0, 0.05) is 61.1 Å². The van der Waals surface area contributed by atoms with Gasteiger partial charge in [0.15, 0.2) is 0 Å². The second kappa shape index (κ2) is 12.6. The first-order valence-electron chi connectivity index (χ1n) is 13.2. The number of rotatable bonds is 10. The Balaban J connectivity index is 1.54. The number of methoxy groups -OCH3 is 1. The molecule has 1 aromatic carbocycles. The Morgan fingerprint density at radius 2 is 1.74 bits per heavy atom. The number of halogens is 2. The van der Waals surface area contributed by atoms with Crippen LogP contribution in [-0.4, -0.2) is 85.4 Å². The molecular formula is C27H39Cl2N3O3. The molecule has 194 valence electrons. The number of carbonyl (C=O) groups excluding carboxylic acids is 2. The number of carbonyl (C=O) groups is 2. The number of hydrogen-bond donors (Lipinski definition) is 0. The van der Waals surface area contributed by atoms with E-state index in [1.54, 1.807) is 0 Å². The van der Waals surface area contributed by atoms with Gasteiger partial charge < -0.3 is 14.5 Å². The fraction of sp³-hybridized carbons (Fsp3) is 0.704. The van der Waals surface area contributed by atoms with Gasteiger partial charge in [-0.1, -0.05) is 0 Å². The summed E-state index contributed by atoms with van der Waals surface area (Å²) in [5.41, 5.74) is 1.76. The van der Waals surface area contributed by atoms with Gasteiger partial charge in [-0.05, 0) is 87.7 Å². The second-order valence-electron chi connectivity index (χ2n) is 10.1. The lowest BCUT2D eigenvalue weighted by molar-refractivity contribution is -0.140. The maximum absolute atomic E-state index is 13.9. The Labute approximate surface area is 219 Å². The van der Waals surface area contributed by atoms with Crippen LogP contribution in [-0.2, 0) is 9.53 Å². The van der Waals surface area contributed by atoms with Crippen LogP contribution in [0.1, 0.15) is 55.3 Å². The maximum Gasteiger partial charge on any atom is 0.305 e. The van der Waals surface area contributed by atoms with E-state index < -0.39 is 0 Å². The summed E-state index contributed by atoms with van der Waals surface area (Å²) in [6.07, 6.45) is 6.77. The number of nitrogens with zero attached hydrogens (tertiary/aromatic N) is 3. The van der Waals surface area contributed by atoms with Gasteiger partial charge in [-0.25, -0.2) is 0 Å². The van der Waals surface area contributed by atoms with Gasteiger partial charge in [0.05, 0.1) is 7.11 Å². The minimum absolute atomic E-state index is 0.113. The number of benzene rings is 1. The van der Waals surface area contributed by atoms with Crippen molar-refractivity contribution in [2.24, 2.45) is 11.8 Å². The second-order valence-corrected chi connectivity index (χ2v) is 10.9. The van der Waals surface area contributed by atoms with Crippen molar-refractivity contribution in [3.63, 3.8) is 0 Å². The highest BCUT2D eigenvalue weighted by atomic mass is 35.5. The SMILES string of the molecule is COC(=O)CCC[C@H]1[C@H]2CCCN3CCC[C@H](CN1C(=O)c1ccc(N(CCCl)CCCl)cc1)[C@@H]23. The van der Waals surface area contributed by atoms with E-state index in [1.807, 2.05) is 24.3 Å². The number of likely N-dealkylation sites (tertiary alicyclic amines) is 1. The molecule has 3 fully saturated rings. The molecule has 0 spiro atoms. The van der Waals surface area contributed by atoms with Gasteiger partial charge in [0.25, 0.3) is 5.91 Å². The van der Waals surface area contributed by atoms with Crippen molar-refractivity contribution in [3.8, 4) is 0 Å². The monoisotopic (exact) mass is 523 g/mol. The number of anilines is 1. The minimum atomic E-state index is -0.173. The number of piperidine rings is 3. The average Bonchev–Trinajstić information content (AvgIpc) is 2.89. The number of hydrogen-bond acceptors (Lipinski definition) is 5. The zero-order valence-electron chi connectivity index (χ0n) is 20.8. The molecule has 4 rings (SSSR count). The predicted octanol–water partition coefficient (Wildman–Crippen LogP) is 4.63. The maximum atomic E-state index is 13.9. The summed E-state index contributed by atoms with van der Waals surface area (Å²) in [6, 6.07) is 8.64. The van der Waals surface area contributed by atoms with Crippen LogP contribution in [0.15, 0.2) is 24.3 Å². The number of amides is 1. The number of esters is 1. The molecule has 4 atom stereocenters. The van der Waals surface area contributed by atoms with E-state index in [9.17, 15) is 9.59 Å². The lowest BCUT2D eigenvalue weighted by atomic mass is 9.69. The fourth-order valence-electron chi connectivity index (χ4n) is 6.71. The Kier molecular flexibility index (Phi) is 9.60. The van der Waals surface area contributed by atoms with Crippen molar-refractivity contribution < 1.29 is 14.3 Å². The average molecular weight is 525 g/mol. The Hall–Kier alpha value is -1.50. The summed E-state index contributed by atoms with van der Waals surface area (Å²) < 4.78 is 4.87. The van der Waals surface area contributed by atoms with Crippen LogP contribution >= 0.6 is 23.2 Å². The highest BCUT2D eigenvalue weighted by molar-refractivity contribution is 6.18. The smallest absolute Gasteiger partial charge is 0.305 e. The van der Waals surface area contributed by atoms with E-state index >= 15 is 0 Å². The third kappa shape index (κ3) is 6.08. The van der Waals surface area contributed by atoms with Gasteiger partial charge in [-0.2, -0.15) is 0 Å². The van der Waals surface area contributed by atoms with Crippen molar-refractivity contribution in [3.05, 3.63) is 29.8 Å². The molecule has 6 nitrogen and oxygen atoms in total. The fourth-order valence-corrected chi connectivity index (χ4v) is 7.12. The third-order valence-corrected chi connectivity index (χ3v) is 8.57. The molecule has 3 heterocycles. The normalized spacial score (nSPS) is 26.2. The highest BCUT2D eigenvalue weighted by Crippen LogP contribution is 2.43. The van der Waals surface area contributed by atoms with Crippen LogP contribution in [0.3, 0.4) is 0 Å². The van der Waals surface area contributed by atoms with Crippen molar-refractivity contribution in [1.29, 1.82) is 0 Å². The van der Waals surface area contributed by atoms with Gasteiger partial charge >= 0.3 is 5.97 Å². The first kappa shape index (κ1) is 26.6. The van der Waals surface area contributed by atoms with Crippen LogP contribution in [0.5, 0.6) is 0 Å². The van der Waals surface area contributed by atoms with E-state index in [0.717, 1.165) is 50.1 Å². The summed E-state index contributed by atoms with van der Waals surface area (Å²) in [5, 5.41) is 0. The van der Waals surface area contributed by atoms with Crippen LogP contribution in [0.4, 0.5) is 5.69 Å². The van der Waals surface area contributed by atoms with E-state index in [0.29, 0.717) is 36.1 Å². The molecule has 0 bridgehead atoms. The first-order valence-corrected chi connectivity index (χ1v) is 14.2. The third-order valence-electron chi connectivity index (χ3n) is 8.23. The Morgan fingerprint density at radius 1 is 1.06 bits per heavy atom. The molecule has 3 aliphatic heterocycles. The first-order chi connectivity index (χ1) is 17.1. The number of alkyl halides is 2. The van der Waals surface area contributed by atoms with Crippen molar-refractivity contribution >= 4 is 40.8 Å². The predicted molar refractivity (Wildman–Crippen MR) is 142 cm³/mol. The quantitative estimate of drug-likeness (QED) is 0.330. The lowest BCUT2D eigenvalue weighted by Crippen LogP contribution is -2.65. The van der Waals surface area contributed by atoms with E-state index in [1.165, 1.54) is 39.5 Å². The summed E-state index contributed by atoms with van der Waals surface area (Å²) in [5.74, 6) is 2.01. The minimum Gasteiger partial charge on any atom is -0.469 e. The molecule has 3 aliphatic rings. The van der Waals surface area contributed by atoms with Crippen LogP contribution in [0.2, 0.25) is 0 Å². The molecular weight excluding hydrogens is 485 g/mol. The summed E-state index contributed by atoms with van der Waals surface area (Å²) in [7, 11) is 1.44. The zero-order chi connectivity index (χ0) is 24.8. The number of ether oxygens (including phenoxy) is 1. The molecule has 0 aromatic heterocycles. The molecule has 1 aromatic rings. The van der Waals surface area contributed by atoms with Gasteiger partial charge in [0.2, 0.25) is 0 Å². The van der Waals surface area contributed by atoms with Gasteiger partial charge in [-0.15, -0.1) is 23.2 Å². The molecule has 35 heavy (non-hydrogen) atoms. The lowest BCUT2D eigenvalue weighted by Gasteiger charge is -2.57. The molecule has 0 unspecified atom stereocenters. The summed E-state index contributed by atoms with van der Waals surface area (Å²) in [4.78, 5) is 32.7. The summed E-state index contributed by atoms with van der Waals surface area (Å²) in [6.45, 7) is 4.62. The van der Waals surface area contributed by atoms with Gasteiger partial charge in [-0.3, -0.25) is 14.5 Å². The molecule has 8 heteroatoms. The Bertz CT molecular complexity index is 845. The molecule has 0 N–H and O–H groups in total. The highest BCUT2D eigenvalue weighted by Gasteiger charge is 2.49. The van der Waals surface area contributed by atoms with Crippen LogP contribution in [0.25, 0.3) is 0 Å². The van der Waals surface area contributed by atoms with Gasteiger partial charge in [0.1, 0.15) is 0 Å². The topological polar surface area (TPSA) is 53.1 Å². The molecule has 3 saturated heterocycles. The van der Waals surface area contributed by atoms with Crippen molar-refractivity contribution in [2.75, 3.05) is 56.5 Å². The molecule has 0 saturated carbocycles. The van der Waals surface area contributed by atoms with Crippen LogP contribution < -0.4 is 4.90 Å². The largest absolute Gasteiger partial charge is 0.469 e. The van der Waals surface area contributed by atoms with E-state index in [-0.39, 0.29) is 17.9 Å². The van der Waals surface area contributed by atoms with E-state index in [4.69, 9.17) is 27.9 Å².